The number of ether oxygens (including phenoxy) is 6. The molecule has 152 valence electrons. The zero-order valence-electron chi connectivity index (χ0n) is 16.9. The lowest BCUT2D eigenvalue weighted by Gasteiger charge is -2.14. The smallest absolute Gasteiger partial charge is 0.306 e. The van der Waals surface area contributed by atoms with Crippen LogP contribution in [0.3, 0.4) is 0 Å². The van der Waals surface area contributed by atoms with Crippen molar-refractivity contribution in [1.82, 2.24) is 0 Å². The van der Waals surface area contributed by atoms with Crippen LogP contribution >= 0.6 is 0 Å². The molecule has 0 aromatic heterocycles. The number of hydrogen-bond acceptors (Lipinski definition) is 7. The van der Waals surface area contributed by atoms with Gasteiger partial charge in [-0.15, -0.1) is 0 Å². The zero-order valence-corrected chi connectivity index (χ0v) is 16.9. The number of aryl methyl sites for hydroxylation is 1. The van der Waals surface area contributed by atoms with Crippen molar-refractivity contribution in [1.29, 1.82) is 0 Å². The summed E-state index contributed by atoms with van der Waals surface area (Å²) < 4.78 is 31.8. The molecular formula is C21H26O7. The number of methoxy groups -OCH3 is 5. The van der Waals surface area contributed by atoms with Gasteiger partial charge in [-0.3, -0.25) is 4.79 Å². The molecule has 28 heavy (non-hydrogen) atoms. The first kappa shape index (κ1) is 21.2. The van der Waals surface area contributed by atoms with Gasteiger partial charge in [0.1, 0.15) is 6.61 Å². The number of benzene rings is 2. The third kappa shape index (κ3) is 5.22. The maximum absolute atomic E-state index is 12.1. The Morgan fingerprint density at radius 1 is 0.714 bits per heavy atom. The molecule has 0 aliphatic rings. The number of hydrogen-bond donors (Lipinski definition) is 0. The summed E-state index contributed by atoms with van der Waals surface area (Å²) in [6, 6.07) is 9.07. The molecule has 0 saturated heterocycles. The van der Waals surface area contributed by atoms with Crippen molar-refractivity contribution in [3.63, 3.8) is 0 Å². The first-order valence-corrected chi connectivity index (χ1v) is 8.71. The molecule has 0 aliphatic heterocycles. The zero-order chi connectivity index (χ0) is 20.5. The molecule has 7 nitrogen and oxygen atoms in total. The predicted octanol–water partition coefficient (Wildman–Crippen LogP) is 3.41. The number of carbonyl (C=O) groups is 1. The van der Waals surface area contributed by atoms with Crippen molar-refractivity contribution < 1.29 is 33.2 Å². The fraction of sp³-hybridized carbons (Fsp3) is 0.381. The van der Waals surface area contributed by atoms with E-state index in [1.54, 1.807) is 26.4 Å². The average Bonchev–Trinajstić information content (AvgIpc) is 2.74. The van der Waals surface area contributed by atoms with Crippen LogP contribution in [0.15, 0.2) is 30.3 Å². The highest BCUT2D eigenvalue weighted by molar-refractivity contribution is 5.70. The molecule has 0 spiro atoms. The van der Waals surface area contributed by atoms with Crippen molar-refractivity contribution in [2.24, 2.45) is 0 Å². The number of esters is 1. The molecule has 0 fully saturated rings. The first-order valence-electron chi connectivity index (χ1n) is 8.71. The molecule has 2 aromatic carbocycles. The fourth-order valence-corrected chi connectivity index (χ4v) is 2.74. The van der Waals surface area contributed by atoms with Gasteiger partial charge in [0.25, 0.3) is 0 Å². The van der Waals surface area contributed by atoms with E-state index < -0.39 is 0 Å². The molecule has 0 aliphatic carbocycles. The average molecular weight is 390 g/mol. The molecular weight excluding hydrogens is 364 g/mol. The lowest BCUT2D eigenvalue weighted by atomic mass is 10.1. The maximum Gasteiger partial charge on any atom is 0.306 e. The number of rotatable bonds is 10. The summed E-state index contributed by atoms with van der Waals surface area (Å²) in [5.41, 5.74) is 1.70. The molecule has 2 aromatic rings. The van der Waals surface area contributed by atoms with Gasteiger partial charge in [-0.25, -0.2) is 0 Å². The molecule has 0 saturated carbocycles. The lowest BCUT2D eigenvalue weighted by Crippen LogP contribution is -2.07. The third-order valence-electron chi connectivity index (χ3n) is 4.19. The Balaban J connectivity index is 1.96. The second kappa shape index (κ2) is 10.3. The standard InChI is InChI=1S/C21H26O7/c1-23-16-8-6-14(10-17(16)24-2)7-9-20(22)28-13-15-11-18(25-3)21(27-5)19(12-15)26-4/h6,8,10-12H,7,9,13H2,1-5H3. The van der Waals surface area contributed by atoms with E-state index in [4.69, 9.17) is 28.4 Å². The summed E-state index contributed by atoms with van der Waals surface area (Å²) in [5.74, 6) is 2.50. The Hall–Kier alpha value is -3.09. The van der Waals surface area contributed by atoms with Gasteiger partial charge in [0.2, 0.25) is 5.75 Å². The van der Waals surface area contributed by atoms with Gasteiger partial charge in [-0.1, -0.05) is 6.07 Å². The summed E-state index contributed by atoms with van der Waals surface area (Å²) in [4.78, 5) is 12.1. The molecule has 2 rings (SSSR count). The van der Waals surface area contributed by atoms with E-state index in [0.29, 0.717) is 35.2 Å². The second-order valence-corrected chi connectivity index (χ2v) is 5.88. The molecule has 0 unspecified atom stereocenters. The first-order chi connectivity index (χ1) is 13.6. The summed E-state index contributed by atoms with van der Waals surface area (Å²) in [6.45, 7) is 0.113. The monoisotopic (exact) mass is 390 g/mol. The highest BCUT2D eigenvalue weighted by atomic mass is 16.5. The second-order valence-electron chi connectivity index (χ2n) is 5.88. The minimum absolute atomic E-state index is 0.113. The minimum Gasteiger partial charge on any atom is -0.493 e. The van der Waals surface area contributed by atoms with E-state index in [0.717, 1.165) is 11.1 Å². The van der Waals surface area contributed by atoms with Gasteiger partial charge < -0.3 is 28.4 Å². The molecule has 0 bridgehead atoms. The Morgan fingerprint density at radius 3 is 1.82 bits per heavy atom. The summed E-state index contributed by atoms with van der Waals surface area (Å²) in [7, 11) is 7.77. The summed E-state index contributed by atoms with van der Waals surface area (Å²) in [6.07, 6.45) is 0.786. The molecule has 0 amide bonds. The van der Waals surface area contributed by atoms with Crippen molar-refractivity contribution in [2.45, 2.75) is 19.4 Å². The van der Waals surface area contributed by atoms with Crippen molar-refractivity contribution >= 4 is 5.97 Å². The van der Waals surface area contributed by atoms with Crippen molar-refractivity contribution in [3.8, 4) is 28.7 Å². The van der Waals surface area contributed by atoms with Crippen LogP contribution in [0.4, 0.5) is 0 Å². The number of carbonyl (C=O) groups excluding carboxylic acids is 1. The van der Waals surface area contributed by atoms with Crippen molar-refractivity contribution in [3.05, 3.63) is 41.5 Å². The van der Waals surface area contributed by atoms with E-state index in [1.165, 1.54) is 21.3 Å². The van der Waals surface area contributed by atoms with Gasteiger partial charge in [-0.05, 0) is 41.8 Å². The van der Waals surface area contributed by atoms with E-state index in [2.05, 4.69) is 0 Å². The van der Waals surface area contributed by atoms with Crippen LogP contribution in [0.25, 0.3) is 0 Å². The van der Waals surface area contributed by atoms with Crippen LogP contribution in [0.5, 0.6) is 28.7 Å². The highest BCUT2D eigenvalue weighted by Crippen LogP contribution is 2.38. The van der Waals surface area contributed by atoms with Crippen LogP contribution < -0.4 is 23.7 Å². The Kier molecular flexibility index (Phi) is 7.80. The Bertz CT molecular complexity index is 776. The molecule has 0 heterocycles. The topological polar surface area (TPSA) is 72.5 Å². The van der Waals surface area contributed by atoms with E-state index in [1.807, 2.05) is 18.2 Å². The van der Waals surface area contributed by atoms with Gasteiger partial charge in [-0.2, -0.15) is 0 Å². The predicted molar refractivity (Wildman–Crippen MR) is 104 cm³/mol. The fourth-order valence-electron chi connectivity index (χ4n) is 2.74. The van der Waals surface area contributed by atoms with Crippen LogP contribution in [0.2, 0.25) is 0 Å². The van der Waals surface area contributed by atoms with Crippen LogP contribution in [0.1, 0.15) is 17.5 Å². The van der Waals surface area contributed by atoms with Gasteiger partial charge in [0.15, 0.2) is 23.0 Å². The molecule has 0 radical (unpaired) electrons. The quantitative estimate of drug-likeness (QED) is 0.576. The third-order valence-corrected chi connectivity index (χ3v) is 4.19. The van der Waals surface area contributed by atoms with E-state index in [-0.39, 0.29) is 19.0 Å². The summed E-state index contributed by atoms with van der Waals surface area (Å²) in [5, 5.41) is 0. The van der Waals surface area contributed by atoms with Gasteiger partial charge in [0.05, 0.1) is 35.5 Å². The lowest BCUT2D eigenvalue weighted by molar-refractivity contribution is -0.144. The Morgan fingerprint density at radius 2 is 1.29 bits per heavy atom. The minimum atomic E-state index is -0.302. The van der Waals surface area contributed by atoms with Crippen LogP contribution in [-0.2, 0) is 22.6 Å². The maximum atomic E-state index is 12.1. The largest absolute Gasteiger partial charge is 0.493 e. The SMILES string of the molecule is COc1ccc(CCC(=O)OCc2cc(OC)c(OC)c(OC)c2)cc1OC. The Labute approximate surface area is 165 Å². The van der Waals surface area contributed by atoms with Gasteiger partial charge >= 0.3 is 5.97 Å². The van der Waals surface area contributed by atoms with Crippen LogP contribution in [0, 0.1) is 0 Å². The van der Waals surface area contributed by atoms with Gasteiger partial charge in [0, 0.05) is 6.42 Å². The molecule has 0 atom stereocenters. The molecule has 0 N–H and O–H groups in total. The highest BCUT2D eigenvalue weighted by Gasteiger charge is 2.14. The van der Waals surface area contributed by atoms with Crippen molar-refractivity contribution in [2.75, 3.05) is 35.5 Å². The van der Waals surface area contributed by atoms with Crippen LogP contribution in [-0.4, -0.2) is 41.5 Å². The van der Waals surface area contributed by atoms with E-state index in [9.17, 15) is 4.79 Å². The normalized spacial score (nSPS) is 10.2. The molecule has 7 heteroatoms. The van der Waals surface area contributed by atoms with E-state index >= 15 is 0 Å². The summed E-state index contributed by atoms with van der Waals surface area (Å²) >= 11 is 0.